The largest absolute Gasteiger partial charge is 0.446 e. The van der Waals surface area contributed by atoms with Crippen molar-refractivity contribution in [2.24, 2.45) is 0 Å². The Morgan fingerprint density at radius 2 is 1.75 bits per heavy atom. The molecule has 0 aromatic carbocycles. The summed E-state index contributed by atoms with van der Waals surface area (Å²) in [6.07, 6.45) is 0. The SMILES string of the molecule is CC(C)c1nn2c(C(C)C)cccc2c1SC(F)(F)F. The molecule has 0 N–H and O–H groups in total. The van der Waals surface area contributed by atoms with Gasteiger partial charge in [-0.25, -0.2) is 4.52 Å². The monoisotopic (exact) mass is 302 g/mol. The Labute approximate surface area is 120 Å². The maximum atomic E-state index is 12.8. The molecule has 2 aromatic heterocycles. The number of fused-ring (bicyclic) bond motifs is 1. The second kappa shape index (κ2) is 5.31. The van der Waals surface area contributed by atoms with E-state index in [1.54, 1.807) is 16.6 Å². The molecule has 0 fully saturated rings. The van der Waals surface area contributed by atoms with E-state index < -0.39 is 5.51 Å². The van der Waals surface area contributed by atoms with E-state index in [9.17, 15) is 13.2 Å². The van der Waals surface area contributed by atoms with Gasteiger partial charge < -0.3 is 0 Å². The van der Waals surface area contributed by atoms with Crippen LogP contribution in [0.3, 0.4) is 0 Å². The highest BCUT2D eigenvalue weighted by Crippen LogP contribution is 2.42. The summed E-state index contributed by atoms with van der Waals surface area (Å²) in [5, 5.41) is 4.41. The fourth-order valence-electron chi connectivity index (χ4n) is 2.12. The first kappa shape index (κ1) is 15.2. The van der Waals surface area contributed by atoms with Crippen LogP contribution >= 0.6 is 11.8 Å². The van der Waals surface area contributed by atoms with Gasteiger partial charge in [0.2, 0.25) is 0 Å². The zero-order chi connectivity index (χ0) is 15.1. The fraction of sp³-hybridized carbons (Fsp3) is 0.500. The Bertz CT molecular complexity index is 615. The van der Waals surface area contributed by atoms with Crippen LogP contribution in [0.4, 0.5) is 13.2 Å². The average molecular weight is 302 g/mol. The summed E-state index contributed by atoms with van der Waals surface area (Å²) in [5.41, 5.74) is -2.36. The van der Waals surface area contributed by atoms with E-state index in [1.807, 2.05) is 33.8 Å². The Morgan fingerprint density at radius 1 is 1.10 bits per heavy atom. The van der Waals surface area contributed by atoms with E-state index >= 15 is 0 Å². The number of hydrogen-bond donors (Lipinski definition) is 0. The topological polar surface area (TPSA) is 17.3 Å². The number of nitrogens with zero attached hydrogens (tertiary/aromatic N) is 2. The maximum Gasteiger partial charge on any atom is 0.446 e. The molecule has 0 unspecified atom stereocenters. The van der Waals surface area contributed by atoms with Gasteiger partial charge in [0.15, 0.2) is 0 Å². The van der Waals surface area contributed by atoms with Gasteiger partial charge in [-0.15, -0.1) is 0 Å². The van der Waals surface area contributed by atoms with Crippen LogP contribution in [0.2, 0.25) is 0 Å². The molecule has 20 heavy (non-hydrogen) atoms. The standard InChI is InChI=1S/C14H17F3N2S/c1-8(2)10-6-5-7-11-13(20-14(15,16)17)12(9(3)4)18-19(10)11/h5-9H,1-4H3. The van der Waals surface area contributed by atoms with Gasteiger partial charge >= 0.3 is 5.51 Å². The lowest BCUT2D eigenvalue weighted by atomic mass is 10.1. The van der Waals surface area contributed by atoms with Crippen LogP contribution < -0.4 is 0 Å². The molecule has 0 saturated carbocycles. The van der Waals surface area contributed by atoms with E-state index in [-0.39, 0.29) is 28.5 Å². The number of rotatable bonds is 3. The van der Waals surface area contributed by atoms with Gasteiger partial charge in [-0.1, -0.05) is 33.8 Å². The smallest absolute Gasteiger partial charge is 0.236 e. The zero-order valence-corrected chi connectivity index (χ0v) is 12.6. The van der Waals surface area contributed by atoms with Crippen LogP contribution in [-0.4, -0.2) is 15.1 Å². The number of thioether (sulfide) groups is 1. The molecule has 0 aliphatic heterocycles. The predicted octanol–water partition coefficient (Wildman–Crippen LogP) is 5.19. The lowest BCUT2D eigenvalue weighted by molar-refractivity contribution is -0.0328. The Morgan fingerprint density at radius 3 is 2.25 bits per heavy atom. The molecule has 0 spiro atoms. The van der Waals surface area contributed by atoms with Crippen molar-refractivity contribution in [1.82, 2.24) is 9.61 Å². The van der Waals surface area contributed by atoms with Crippen molar-refractivity contribution in [2.45, 2.75) is 49.9 Å². The van der Waals surface area contributed by atoms with Crippen molar-refractivity contribution in [3.63, 3.8) is 0 Å². The van der Waals surface area contributed by atoms with Crippen molar-refractivity contribution >= 4 is 17.3 Å². The van der Waals surface area contributed by atoms with Crippen LogP contribution in [0.15, 0.2) is 23.1 Å². The summed E-state index contributed by atoms with van der Waals surface area (Å²) < 4.78 is 40.0. The second-order valence-electron chi connectivity index (χ2n) is 5.32. The van der Waals surface area contributed by atoms with E-state index in [0.29, 0.717) is 11.2 Å². The first-order valence-corrected chi connectivity index (χ1v) is 7.29. The summed E-state index contributed by atoms with van der Waals surface area (Å²) >= 11 is -0.0711. The first-order valence-electron chi connectivity index (χ1n) is 6.48. The highest BCUT2D eigenvalue weighted by molar-refractivity contribution is 8.00. The summed E-state index contributed by atoms with van der Waals surface area (Å²) in [4.78, 5) is 0.218. The Balaban J connectivity index is 2.70. The predicted molar refractivity (Wildman–Crippen MR) is 75.3 cm³/mol. The van der Waals surface area contributed by atoms with Gasteiger partial charge in [-0.2, -0.15) is 18.3 Å². The molecule has 0 saturated heterocycles. The lowest BCUT2D eigenvalue weighted by Crippen LogP contribution is -2.01. The van der Waals surface area contributed by atoms with Crippen LogP contribution in [-0.2, 0) is 0 Å². The minimum atomic E-state index is -4.30. The van der Waals surface area contributed by atoms with E-state index in [2.05, 4.69) is 5.10 Å². The third-order valence-corrected chi connectivity index (χ3v) is 3.88. The molecule has 0 radical (unpaired) electrons. The van der Waals surface area contributed by atoms with E-state index in [4.69, 9.17) is 0 Å². The minimum Gasteiger partial charge on any atom is -0.236 e. The first-order chi connectivity index (χ1) is 9.20. The molecule has 6 heteroatoms. The van der Waals surface area contributed by atoms with Gasteiger partial charge in [0.05, 0.1) is 16.1 Å². The van der Waals surface area contributed by atoms with Gasteiger partial charge in [0.25, 0.3) is 0 Å². The van der Waals surface area contributed by atoms with Crippen molar-refractivity contribution in [3.05, 3.63) is 29.6 Å². The molecule has 2 heterocycles. The highest BCUT2D eigenvalue weighted by Gasteiger charge is 2.33. The number of aromatic nitrogens is 2. The molecular formula is C14H17F3N2S. The molecule has 0 atom stereocenters. The summed E-state index contributed by atoms with van der Waals surface area (Å²) in [5.74, 6) is 0.141. The van der Waals surface area contributed by atoms with Gasteiger partial charge in [-0.05, 0) is 35.7 Å². The molecule has 2 aromatic rings. The molecule has 0 bridgehead atoms. The summed E-state index contributed by atoms with van der Waals surface area (Å²) in [6, 6.07) is 5.38. The molecule has 2 nitrogen and oxygen atoms in total. The molecule has 0 aliphatic rings. The molecule has 0 aliphatic carbocycles. The molecular weight excluding hydrogens is 285 g/mol. The van der Waals surface area contributed by atoms with Crippen LogP contribution in [0, 0.1) is 0 Å². The van der Waals surface area contributed by atoms with Gasteiger partial charge in [0, 0.05) is 5.69 Å². The highest BCUT2D eigenvalue weighted by atomic mass is 32.2. The van der Waals surface area contributed by atoms with Crippen LogP contribution in [0.25, 0.3) is 5.52 Å². The second-order valence-corrected chi connectivity index (χ2v) is 6.39. The van der Waals surface area contributed by atoms with Gasteiger partial charge in [0.1, 0.15) is 0 Å². The number of hydrogen-bond acceptors (Lipinski definition) is 2. The summed E-state index contributed by atoms with van der Waals surface area (Å²) in [7, 11) is 0. The average Bonchev–Trinajstić information content (AvgIpc) is 2.65. The number of halogens is 3. The van der Waals surface area contributed by atoms with Crippen LogP contribution in [0.1, 0.15) is 50.9 Å². The van der Waals surface area contributed by atoms with Crippen molar-refractivity contribution in [3.8, 4) is 0 Å². The van der Waals surface area contributed by atoms with Gasteiger partial charge in [-0.3, -0.25) is 0 Å². The Kier molecular flexibility index (Phi) is 4.04. The van der Waals surface area contributed by atoms with Crippen LogP contribution in [0.5, 0.6) is 0 Å². The lowest BCUT2D eigenvalue weighted by Gasteiger charge is -2.09. The Hall–Kier alpha value is -1.17. The maximum absolute atomic E-state index is 12.8. The van der Waals surface area contributed by atoms with E-state index in [0.717, 1.165) is 5.69 Å². The normalized spacial score (nSPS) is 12.8. The third kappa shape index (κ3) is 2.95. The summed E-state index contributed by atoms with van der Waals surface area (Å²) in [6.45, 7) is 7.72. The quantitative estimate of drug-likeness (QED) is 0.726. The fourth-order valence-corrected chi connectivity index (χ4v) is 2.99. The van der Waals surface area contributed by atoms with Crippen molar-refractivity contribution in [2.75, 3.05) is 0 Å². The van der Waals surface area contributed by atoms with Crippen molar-refractivity contribution in [1.29, 1.82) is 0 Å². The van der Waals surface area contributed by atoms with Crippen molar-refractivity contribution < 1.29 is 13.2 Å². The number of alkyl halides is 3. The zero-order valence-electron chi connectivity index (χ0n) is 11.8. The third-order valence-electron chi connectivity index (χ3n) is 3.02. The molecule has 2 rings (SSSR count). The molecule has 0 amide bonds. The molecule has 110 valence electrons. The van der Waals surface area contributed by atoms with E-state index in [1.165, 1.54) is 0 Å². The number of pyridine rings is 1. The minimum absolute atomic E-state index is 0.0558.